The number of carbonyl (C=O) groups is 1. The van der Waals surface area contributed by atoms with Gasteiger partial charge in [0.15, 0.2) is 0 Å². The number of carbonyl (C=O) groups excluding carboxylic acids is 1. The third-order valence-electron chi connectivity index (χ3n) is 3.35. The van der Waals surface area contributed by atoms with E-state index in [9.17, 15) is 4.79 Å². The molecule has 0 aliphatic carbocycles. The lowest BCUT2D eigenvalue weighted by molar-refractivity contribution is 0.0875. The largest absolute Gasteiger partial charge is 0.269 e. The molecule has 0 aromatic heterocycles. The van der Waals surface area contributed by atoms with Crippen LogP contribution < -0.4 is 5.43 Å². The number of hydrogen-bond acceptors (Lipinski definition) is 3. The van der Waals surface area contributed by atoms with Gasteiger partial charge in [-0.25, -0.2) is 0 Å². The van der Waals surface area contributed by atoms with Gasteiger partial charge < -0.3 is 0 Å². The van der Waals surface area contributed by atoms with Crippen LogP contribution >= 0.6 is 0 Å². The average molecular weight is 279 g/mol. The summed E-state index contributed by atoms with van der Waals surface area (Å²) < 4.78 is 0. The maximum absolute atomic E-state index is 12.3. The molecular formula is C17H17N3O. The van der Waals surface area contributed by atoms with Gasteiger partial charge in [0.2, 0.25) is 0 Å². The highest BCUT2D eigenvalue weighted by atomic mass is 16.2. The van der Waals surface area contributed by atoms with Crippen molar-refractivity contribution in [2.75, 3.05) is 6.54 Å². The summed E-state index contributed by atoms with van der Waals surface area (Å²) in [7, 11) is 0. The highest BCUT2D eigenvalue weighted by Gasteiger charge is 2.25. The van der Waals surface area contributed by atoms with E-state index in [1.54, 1.807) is 12.1 Å². The highest BCUT2D eigenvalue weighted by molar-refractivity contribution is 6.02. The molecule has 3 rings (SSSR count). The van der Waals surface area contributed by atoms with E-state index in [-0.39, 0.29) is 11.9 Å². The molecule has 1 heterocycles. The smallest absolute Gasteiger partial charge is 0.267 e. The standard InChI is InChI=1S/C17H17N3O/c1-13-12-20(16(18-13)14-8-4-2-5-9-14)19-17(21)15-10-6-3-7-11-15/h2-11,13H,12H2,1H3,(H,19,21). The Labute approximate surface area is 124 Å². The number of hydrogen-bond donors (Lipinski definition) is 1. The molecule has 21 heavy (non-hydrogen) atoms. The Morgan fingerprint density at radius 1 is 1.10 bits per heavy atom. The van der Waals surface area contributed by atoms with Crippen LogP contribution in [-0.2, 0) is 0 Å². The van der Waals surface area contributed by atoms with Crippen molar-refractivity contribution in [2.45, 2.75) is 13.0 Å². The molecule has 2 aromatic carbocycles. The first-order valence-electron chi connectivity index (χ1n) is 7.01. The number of amidine groups is 1. The average Bonchev–Trinajstić information content (AvgIpc) is 2.89. The quantitative estimate of drug-likeness (QED) is 0.938. The van der Waals surface area contributed by atoms with Crippen LogP contribution in [0.25, 0.3) is 0 Å². The van der Waals surface area contributed by atoms with Crippen molar-refractivity contribution in [1.29, 1.82) is 0 Å². The topological polar surface area (TPSA) is 44.7 Å². The molecule has 1 aliphatic rings. The first-order valence-corrected chi connectivity index (χ1v) is 7.01. The Hall–Kier alpha value is -2.62. The molecule has 1 amide bonds. The van der Waals surface area contributed by atoms with Gasteiger partial charge in [-0.2, -0.15) is 0 Å². The monoisotopic (exact) mass is 279 g/mol. The molecule has 106 valence electrons. The van der Waals surface area contributed by atoms with Gasteiger partial charge in [-0.3, -0.25) is 20.2 Å². The molecule has 0 spiro atoms. The molecule has 0 saturated heterocycles. The normalized spacial score (nSPS) is 17.5. The van der Waals surface area contributed by atoms with Gasteiger partial charge in [0.05, 0.1) is 12.6 Å². The second-order valence-corrected chi connectivity index (χ2v) is 5.09. The van der Waals surface area contributed by atoms with E-state index in [1.807, 2.05) is 60.5 Å². The molecule has 0 radical (unpaired) electrons. The lowest BCUT2D eigenvalue weighted by Crippen LogP contribution is -2.45. The van der Waals surface area contributed by atoms with Crippen molar-refractivity contribution in [3.63, 3.8) is 0 Å². The molecule has 1 aliphatic heterocycles. The van der Waals surface area contributed by atoms with E-state index < -0.39 is 0 Å². The summed E-state index contributed by atoms with van der Waals surface area (Å²) in [5, 5.41) is 1.83. The minimum Gasteiger partial charge on any atom is -0.267 e. The minimum atomic E-state index is -0.117. The molecule has 0 bridgehead atoms. The van der Waals surface area contributed by atoms with E-state index in [1.165, 1.54) is 0 Å². The van der Waals surface area contributed by atoms with Gasteiger partial charge in [-0.15, -0.1) is 0 Å². The molecule has 2 aromatic rings. The fraction of sp³-hybridized carbons (Fsp3) is 0.176. The summed E-state index contributed by atoms with van der Waals surface area (Å²) in [6.45, 7) is 2.72. The molecule has 1 unspecified atom stereocenters. The summed E-state index contributed by atoms with van der Waals surface area (Å²) in [6, 6.07) is 19.3. The summed E-state index contributed by atoms with van der Waals surface area (Å²) in [5.41, 5.74) is 4.59. The number of nitrogens with zero attached hydrogens (tertiary/aromatic N) is 2. The van der Waals surface area contributed by atoms with Gasteiger partial charge in [-0.05, 0) is 19.1 Å². The second-order valence-electron chi connectivity index (χ2n) is 5.09. The zero-order valence-electron chi connectivity index (χ0n) is 11.9. The van der Waals surface area contributed by atoms with E-state index in [4.69, 9.17) is 0 Å². The van der Waals surface area contributed by atoms with Crippen LogP contribution in [0.15, 0.2) is 65.7 Å². The van der Waals surface area contributed by atoms with E-state index in [0.29, 0.717) is 12.1 Å². The number of benzene rings is 2. The highest BCUT2D eigenvalue weighted by Crippen LogP contribution is 2.14. The molecule has 0 fully saturated rings. The summed E-state index contributed by atoms with van der Waals surface area (Å²) in [4.78, 5) is 16.9. The van der Waals surface area contributed by atoms with E-state index in [2.05, 4.69) is 10.4 Å². The van der Waals surface area contributed by atoms with Crippen molar-refractivity contribution in [3.05, 3.63) is 71.8 Å². The van der Waals surface area contributed by atoms with Crippen LogP contribution in [0.1, 0.15) is 22.8 Å². The van der Waals surface area contributed by atoms with Crippen LogP contribution in [0, 0.1) is 0 Å². The third kappa shape index (κ3) is 2.94. The van der Waals surface area contributed by atoms with Crippen molar-refractivity contribution >= 4 is 11.7 Å². The van der Waals surface area contributed by atoms with Gasteiger partial charge in [0.1, 0.15) is 5.84 Å². The Morgan fingerprint density at radius 2 is 1.71 bits per heavy atom. The van der Waals surface area contributed by atoms with Gasteiger partial charge in [0.25, 0.3) is 5.91 Å². The second kappa shape index (κ2) is 5.79. The minimum absolute atomic E-state index is 0.117. The summed E-state index contributed by atoms with van der Waals surface area (Å²) in [6.07, 6.45) is 0. The summed E-state index contributed by atoms with van der Waals surface area (Å²) in [5.74, 6) is 0.695. The van der Waals surface area contributed by atoms with E-state index >= 15 is 0 Å². The van der Waals surface area contributed by atoms with Crippen molar-refractivity contribution in [3.8, 4) is 0 Å². The predicted octanol–water partition coefficient (Wildman–Crippen LogP) is 2.48. The maximum Gasteiger partial charge on any atom is 0.269 e. The Balaban J connectivity index is 1.79. The molecule has 1 atom stereocenters. The molecule has 1 N–H and O–H groups in total. The predicted molar refractivity (Wildman–Crippen MR) is 83.1 cm³/mol. The SMILES string of the molecule is CC1CN(NC(=O)c2ccccc2)C(c2ccccc2)=N1. The summed E-state index contributed by atoms with van der Waals surface area (Å²) >= 11 is 0. The molecular weight excluding hydrogens is 262 g/mol. The van der Waals surface area contributed by atoms with Gasteiger partial charge in [0, 0.05) is 11.1 Å². The maximum atomic E-state index is 12.3. The Morgan fingerprint density at radius 3 is 2.38 bits per heavy atom. The molecule has 4 nitrogen and oxygen atoms in total. The number of amides is 1. The molecule has 4 heteroatoms. The van der Waals surface area contributed by atoms with Crippen LogP contribution in [0.3, 0.4) is 0 Å². The zero-order chi connectivity index (χ0) is 14.7. The van der Waals surface area contributed by atoms with E-state index in [0.717, 1.165) is 11.4 Å². The third-order valence-corrected chi connectivity index (χ3v) is 3.35. The lowest BCUT2D eigenvalue weighted by Gasteiger charge is -2.21. The van der Waals surface area contributed by atoms with Crippen LogP contribution in [-0.4, -0.2) is 29.3 Å². The van der Waals surface area contributed by atoms with Crippen molar-refractivity contribution in [2.24, 2.45) is 4.99 Å². The first kappa shape index (κ1) is 13.4. The van der Waals surface area contributed by atoms with Crippen molar-refractivity contribution < 1.29 is 4.79 Å². The zero-order valence-corrected chi connectivity index (χ0v) is 11.9. The van der Waals surface area contributed by atoms with Gasteiger partial charge in [-0.1, -0.05) is 48.5 Å². The Bertz CT molecular complexity index is 652. The van der Waals surface area contributed by atoms with Crippen LogP contribution in [0.4, 0.5) is 0 Å². The number of hydrazine groups is 1. The number of rotatable bonds is 3. The van der Waals surface area contributed by atoms with Crippen molar-refractivity contribution in [1.82, 2.24) is 10.4 Å². The van der Waals surface area contributed by atoms with Gasteiger partial charge >= 0.3 is 0 Å². The molecule has 0 saturated carbocycles. The fourth-order valence-electron chi connectivity index (χ4n) is 2.36. The number of nitrogens with one attached hydrogen (secondary N) is 1. The van der Waals surface area contributed by atoms with Crippen LogP contribution in [0.5, 0.6) is 0 Å². The number of aliphatic imine (C=N–C) groups is 1. The van der Waals surface area contributed by atoms with Crippen LogP contribution in [0.2, 0.25) is 0 Å². The first-order chi connectivity index (χ1) is 10.2. The fourth-order valence-corrected chi connectivity index (χ4v) is 2.36. The lowest BCUT2D eigenvalue weighted by atomic mass is 10.2. The Kier molecular flexibility index (Phi) is 3.69.